The smallest absolute Gasteiger partial charge is 0.317 e. The molecular weight excluding hydrogens is 318 g/mol. The van der Waals surface area contributed by atoms with Crippen LogP contribution in [0.5, 0.6) is 0 Å². The molecule has 0 radical (unpaired) electrons. The lowest BCUT2D eigenvalue weighted by Crippen LogP contribution is -2.37. The molecule has 1 aliphatic rings. The van der Waals surface area contributed by atoms with E-state index in [1.807, 2.05) is 5.38 Å². The first kappa shape index (κ1) is 15.9. The largest absolute Gasteiger partial charge is 0.368 e. The van der Waals surface area contributed by atoms with Crippen molar-refractivity contribution in [1.29, 1.82) is 0 Å². The molecule has 0 spiro atoms. The summed E-state index contributed by atoms with van der Waals surface area (Å²) in [4.78, 5) is 22.0. The number of hydrogen-bond donors (Lipinski definition) is 1. The maximum absolute atomic E-state index is 12.0. The Hall–Kier alpha value is -2.00. The highest BCUT2D eigenvalue weighted by molar-refractivity contribution is 7.09. The summed E-state index contributed by atoms with van der Waals surface area (Å²) in [5.41, 5.74) is 0. The topological polar surface area (TPSA) is 93.4 Å². The minimum Gasteiger partial charge on any atom is -0.368 e. The molecular formula is C14H19N5O3S. The molecule has 1 fully saturated rings. The van der Waals surface area contributed by atoms with Crippen LogP contribution in [0.25, 0.3) is 0 Å². The van der Waals surface area contributed by atoms with E-state index in [0.29, 0.717) is 31.2 Å². The summed E-state index contributed by atoms with van der Waals surface area (Å²) in [6.07, 6.45) is 4.11. The van der Waals surface area contributed by atoms with E-state index in [1.165, 1.54) is 11.3 Å². The van der Waals surface area contributed by atoms with Crippen molar-refractivity contribution < 1.29 is 14.1 Å². The van der Waals surface area contributed by atoms with Crippen molar-refractivity contribution in [2.75, 3.05) is 20.2 Å². The molecule has 23 heavy (non-hydrogen) atoms. The SMILES string of the molecule is CN(Cc1nccs1)C(=O)NCCc1noc(C2CCCO2)n1. The fraction of sp³-hybridized carbons (Fsp3) is 0.571. The van der Waals surface area contributed by atoms with Gasteiger partial charge in [-0.05, 0) is 12.8 Å². The van der Waals surface area contributed by atoms with Gasteiger partial charge >= 0.3 is 6.03 Å². The molecule has 1 atom stereocenters. The molecule has 1 unspecified atom stereocenters. The third-order valence-corrected chi connectivity index (χ3v) is 4.28. The first-order valence-electron chi connectivity index (χ1n) is 7.54. The van der Waals surface area contributed by atoms with Gasteiger partial charge in [0.15, 0.2) is 5.82 Å². The van der Waals surface area contributed by atoms with Crippen LogP contribution >= 0.6 is 11.3 Å². The Labute approximate surface area is 137 Å². The fourth-order valence-corrected chi connectivity index (χ4v) is 2.96. The first-order chi connectivity index (χ1) is 11.2. The highest BCUT2D eigenvalue weighted by Crippen LogP contribution is 2.26. The summed E-state index contributed by atoms with van der Waals surface area (Å²) in [5, 5.41) is 9.55. The van der Waals surface area contributed by atoms with Crippen molar-refractivity contribution in [1.82, 2.24) is 25.3 Å². The molecule has 2 aromatic heterocycles. The number of aromatic nitrogens is 3. The van der Waals surface area contributed by atoms with Gasteiger partial charge in [-0.25, -0.2) is 9.78 Å². The van der Waals surface area contributed by atoms with E-state index in [9.17, 15) is 4.79 Å². The Morgan fingerprint density at radius 2 is 2.48 bits per heavy atom. The number of rotatable bonds is 6. The quantitative estimate of drug-likeness (QED) is 0.863. The molecule has 2 amide bonds. The molecule has 1 saturated heterocycles. The molecule has 0 aromatic carbocycles. The molecule has 1 N–H and O–H groups in total. The summed E-state index contributed by atoms with van der Waals surface area (Å²) >= 11 is 1.53. The van der Waals surface area contributed by atoms with E-state index in [-0.39, 0.29) is 12.1 Å². The summed E-state index contributed by atoms with van der Waals surface area (Å²) in [6.45, 7) is 1.68. The van der Waals surface area contributed by atoms with E-state index >= 15 is 0 Å². The van der Waals surface area contributed by atoms with Crippen LogP contribution in [0.15, 0.2) is 16.1 Å². The Kier molecular flexibility index (Phi) is 5.19. The van der Waals surface area contributed by atoms with Gasteiger partial charge in [0.1, 0.15) is 11.1 Å². The highest BCUT2D eigenvalue weighted by atomic mass is 32.1. The average molecular weight is 337 g/mol. The Balaban J connectivity index is 1.41. The van der Waals surface area contributed by atoms with Gasteiger partial charge in [0, 0.05) is 38.2 Å². The molecule has 3 heterocycles. The summed E-state index contributed by atoms with van der Waals surface area (Å²) in [5.74, 6) is 1.11. The van der Waals surface area contributed by atoms with Crippen molar-refractivity contribution in [2.45, 2.75) is 31.9 Å². The molecule has 8 nitrogen and oxygen atoms in total. The van der Waals surface area contributed by atoms with Gasteiger partial charge < -0.3 is 19.5 Å². The van der Waals surface area contributed by atoms with E-state index < -0.39 is 0 Å². The van der Waals surface area contributed by atoms with Gasteiger partial charge in [-0.15, -0.1) is 11.3 Å². The number of amides is 2. The second-order valence-corrected chi connectivity index (χ2v) is 6.29. The fourth-order valence-electron chi connectivity index (χ4n) is 2.29. The van der Waals surface area contributed by atoms with Gasteiger partial charge in [-0.1, -0.05) is 5.16 Å². The average Bonchev–Trinajstić information content (AvgIpc) is 3.29. The molecule has 2 aromatic rings. The second kappa shape index (κ2) is 7.51. The minimum atomic E-state index is -0.150. The third kappa shape index (κ3) is 4.26. The number of carbonyl (C=O) groups is 1. The van der Waals surface area contributed by atoms with Gasteiger partial charge in [0.2, 0.25) is 0 Å². The maximum atomic E-state index is 12.0. The van der Waals surface area contributed by atoms with Crippen LogP contribution in [0.4, 0.5) is 4.79 Å². The number of hydrogen-bond acceptors (Lipinski definition) is 7. The van der Waals surface area contributed by atoms with E-state index in [4.69, 9.17) is 9.26 Å². The normalized spacial score (nSPS) is 17.3. The van der Waals surface area contributed by atoms with Crippen LogP contribution < -0.4 is 5.32 Å². The number of nitrogens with zero attached hydrogens (tertiary/aromatic N) is 4. The maximum Gasteiger partial charge on any atom is 0.317 e. The Morgan fingerprint density at radius 3 is 3.22 bits per heavy atom. The van der Waals surface area contributed by atoms with Crippen LogP contribution in [-0.2, 0) is 17.7 Å². The van der Waals surface area contributed by atoms with Crippen molar-refractivity contribution >= 4 is 17.4 Å². The number of thiazole rings is 1. The Bertz CT molecular complexity index is 624. The van der Waals surface area contributed by atoms with Gasteiger partial charge in [-0.3, -0.25) is 0 Å². The monoisotopic (exact) mass is 337 g/mol. The highest BCUT2D eigenvalue weighted by Gasteiger charge is 2.23. The van der Waals surface area contributed by atoms with Crippen LogP contribution in [0.1, 0.15) is 35.7 Å². The molecule has 0 saturated carbocycles. The number of carbonyl (C=O) groups excluding carboxylic acids is 1. The zero-order chi connectivity index (χ0) is 16.1. The van der Waals surface area contributed by atoms with Crippen LogP contribution in [0, 0.1) is 0 Å². The summed E-state index contributed by atoms with van der Waals surface area (Å²) in [7, 11) is 1.74. The minimum absolute atomic E-state index is 0.0738. The number of nitrogens with one attached hydrogen (secondary N) is 1. The number of urea groups is 1. The summed E-state index contributed by atoms with van der Waals surface area (Å²) < 4.78 is 10.7. The van der Waals surface area contributed by atoms with Crippen molar-refractivity contribution in [2.24, 2.45) is 0 Å². The molecule has 1 aliphatic heterocycles. The van der Waals surface area contributed by atoms with Gasteiger partial charge in [-0.2, -0.15) is 4.98 Å². The molecule has 0 aliphatic carbocycles. The molecule has 124 valence electrons. The lowest BCUT2D eigenvalue weighted by molar-refractivity contribution is 0.0835. The zero-order valence-electron chi connectivity index (χ0n) is 12.9. The predicted octanol–water partition coefficient (Wildman–Crippen LogP) is 1.76. The second-order valence-electron chi connectivity index (χ2n) is 5.31. The van der Waals surface area contributed by atoms with E-state index in [2.05, 4.69) is 20.4 Å². The summed E-state index contributed by atoms with van der Waals surface area (Å²) in [6, 6.07) is -0.150. The standard InChI is InChI=1S/C14H19N5O3S/c1-19(9-12-15-6-8-23-12)14(20)16-5-4-11-17-13(22-18-11)10-3-2-7-21-10/h6,8,10H,2-5,7,9H2,1H3,(H,16,20). The van der Waals surface area contributed by atoms with Crippen molar-refractivity contribution in [3.05, 3.63) is 28.3 Å². The van der Waals surface area contributed by atoms with E-state index in [1.54, 1.807) is 18.1 Å². The zero-order valence-corrected chi connectivity index (χ0v) is 13.7. The van der Waals surface area contributed by atoms with Crippen molar-refractivity contribution in [3.8, 4) is 0 Å². The van der Waals surface area contributed by atoms with Gasteiger partial charge in [0.05, 0.1) is 6.54 Å². The van der Waals surface area contributed by atoms with Crippen molar-refractivity contribution in [3.63, 3.8) is 0 Å². The molecule has 0 bridgehead atoms. The Morgan fingerprint density at radius 1 is 1.57 bits per heavy atom. The lowest BCUT2D eigenvalue weighted by Gasteiger charge is -2.16. The van der Waals surface area contributed by atoms with Crippen LogP contribution in [-0.4, -0.2) is 46.3 Å². The number of ether oxygens (including phenoxy) is 1. The molecule has 9 heteroatoms. The van der Waals surface area contributed by atoms with Crippen LogP contribution in [0.3, 0.4) is 0 Å². The van der Waals surface area contributed by atoms with E-state index in [0.717, 1.165) is 24.5 Å². The third-order valence-electron chi connectivity index (χ3n) is 3.52. The van der Waals surface area contributed by atoms with Gasteiger partial charge in [0.25, 0.3) is 5.89 Å². The lowest BCUT2D eigenvalue weighted by atomic mass is 10.2. The predicted molar refractivity (Wildman–Crippen MR) is 82.9 cm³/mol. The first-order valence-corrected chi connectivity index (χ1v) is 8.42. The van der Waals surface area contributed by atoms with Crippen LogP contribution in [0.2, 0.25) is 0 Å². The molecule has 3 rings (SSSR count).